The van der Waals surface area contributed by atoms with Crippen molar-refractivity contribution in [1.82, 2.24) is 10.2 Å². The number of rotatable bonds is 5. The van der Waals surface area contributed by atoms with Crippen molar-refractivity contribution in [3.05, 3.63) is 0 Å². The highest BCUT2D eigenvalue weighted by Crippen LogP contribution is 2.10. The Bertz CT molecular complexity index is 298. The van der Waals surface area contributed by atoms with Gasteiger partial charge in [-0.25, -0.2) is 0 Å². The van der Waals surface area contributed by atoms with Gasteiger partial charge in [0.25, 0.3) is 0 Å². The molecule has 0 saturated carbocycles. The molecule has 1 fully saturated rings. The monoisotopic (exact) mass is 259 g/mol. The van der Waals surface area contributed by atoms with Crippen LogP contribution in [0.1, 0.15) is 6.42 Å². The van der Waals surface area contributed by atoms with Crippen LogP contribution in [0.2, 0.25) is 0 Å². The maximum absolute atomic E-state index is 12.1. The van der Waals surface area contributed by atoms with Crippen LogP contribution in [0.3, 0.4) is 0 Å². The van der Waals surface area contributed by atoms with E-state index >= 15 is 0 Å². The smallest absolute Gasteiger partial charge is 0.244 e. The van der Waals surface area contributed by atoms with Gasteiger partial charge in [-0.2, -0.15) is 0 Å². The van der Waals surface area contributed by atoms with Crippen molar-refractivity contribution < 1.29 is 19.1 Å². The van der Waals surface area contributed by atoms with Crippen LogP contribution in [0.4, 0.5) is 0 Å². The molecule has 7 nitrogen and oxygen atoms in total. The van der Waals surface area contributed by atoms with E-state index in [1.807, 2.05) is 0 Å². The van der Waals surface area contributed by atoms with E-state index < -0.39 is 12.1 Å². The minimum absolute atomic E-state index is 0.211. The third kappa shape index (κ3) is 3.66. The Hall–Kier alpha value is -1.18. The van der Waals surface area contributed by atoms with Crippen LogP contribution in [0.5, 0.6) is 0 Å². The molecule has 18 heavy (non-hydrogen) atoms. The predicted molar refractivity (Wildman–Crippen MR) is 64.9 cm³/mol. The summed E-state index contributed by atoms with van der Waals surface area (Å²) in [6.07, 6.45) is 0.438. The number of carbonyl (C=O) groups excluding carboxylic acids is 2. The number of hydrogen-bond acceptors (Lipinski definition) is 5. The van der Waals surface area contributed by atoms with E-state index in [-0.39, 0.29) is 18.4 Å². The average Bonchev–Trinajstić information content (AvgIpc) is 2.43. The van der Waals surface area contributed by atoms with E-state index in [0.29, 0.717) is 26.2 Å². The predicted octanol–water partition coefficient (Wildman–Crippen LogP) is -1.68. The lowest BCUT2D eigenvalue weighted by atomic mass is 10.1. The molecule has 3 N–H and O–H groups in total. The Labute approximate surface area is 107 Å². The molecule has 7 heteroatoms. The van der Waals surface area contributed by atoms with Crippen LogP contribution in [0, 0.1) is 0 Å². The molecule has 0 aromatic heterocycles. The SMILES string of the molecule is CNC(=O)C1COCCN1C(=O)C(N)CCOC. The second-order valence-corrected chi connectivity index (χ2v) is 4.12. The molecule has 2 atom stereocenters. The summed E-state index contributed by atoms with van der Waals surface area (Å²) in [5.41, 5.74) is 5.79. The second-order valence-electron chi connectivity index (χ2n) is 4.12. The lowest BCUT2D eigenvalue weighted by Crippen LogP contribution is -2.58. The Morgan fingerprint density at radius 1 is 1.61 bits per heavy atom. The van der Waals surface area contributed by atoms with Crippen molar-refractivity contribution in [3.63, 3.8) is 0 Å². The summed E-state index contributed by atoms with van der Waals surface area (Å²) in [7, 11) is 3.09. The summed E-state index contributed by atoms with van der Waals surface area (Å²) in [5.74, 6) is -0.467. The molecule has 0 spiro atoms. The molecule has 1 aliphatic rings. The van der Waals surface area contributed by atoms with E-state index in [2.05, 4.69) is 5.32 Å². The first-order valence-electron chi connectivity index (χ1n) is 5.96. The minimum atomic E-state index is -0.643. The van der Waals surface area contributed by atoms with E-state index in [0.717, 1.165) is 0 Å². The van der Waals surface area contributed by atoms with Crippen LogP contribution in [0.25, 0.3) is 0 Å². The van der Waals surface area contributed by atoms with E-state index in [4.69, 9.17) is 15.2 Å². The summed E-state index contributed by atoms with van der Waals surface area (Å²) in [4.78, 5) is 25.3. The number of nitrogens with two attached hydrogens (primary N) is 1. The zero-order chi connectivity index (χ0) is 13.5. The van der Waals surface area contributed by atoms with Crippen molar-refractivity contribution in [2.45, 2.75) is 18.5 Å². The molecular weight excluding hydrogens is 238 g/mol. The summed E-state index contributed by atoms with van der Waals surface area (Å²) in [5, 5.41) is 2.52. The molecule has 0 aliphatic carbocycles. The molecule has 2 unspecified atom stereocenters. The number of likely N-dealkylation sites (N-methyl/N-ethyl adjacent to an activating group) is 1. The van der Waals surface area contributed by atoms with Gasteiger partial charge in [0.15, 0.2) is 0 Å². The van der Waals surface area contributed by atoms with Crippen LogP contribution >= 0.6 is 0 Å². The molecule has 0 aromatic carbocycles. The Balaban J connectivity index is 2.64. The summed E-state index contributed by atoms with van der Waals surface area (Å²) >= 11 is 0. The highest BCUT2D eigenvalue weighted by atomic mass is 16.5. The average molecular weight is 259 g/mol. The molecule has 0 radical (unpaired) electrons. The van der Waals surface area contributed by atoms with Crippen LogP contribution in [-0.2, 0) is 19.1 Å². The topological polar surface area (TPSA) is 93.9 Å². The summed E-state index contributed by atoms with van der Waals surface area (Å²) in [6, 6.07) is -1.24. The molecule has 1 rings (SSSR count). The van der Waals surface area contributed by atoms with Crippen molar-refractivity contribution in [2.75, 3.05) is 40.5 Å². The van der Waals surface area contributed by atoms with Gasteiger partial charge in [0.05, 0.1) is 19.3 Å². The number of nitrogens with one attached hydrogen (secondary N) is 1. The maximum atomic E-state index is 12.1. The van der Waals surface area contributed by atoms with Crippen LogP contribution < -0.4 is 11.1 Å². The van der Waals surface area contributed by atoms with Crippen molar-refractivity contribution in [1.29, 1.82) is 0 Å². The largest absolute Gasteiger partial charge is 0.385 e. The normalized spacial score (nSPS) is 21.5. The van der Waals surface area contributed by atoms with Crippen LogP contribution in [0.15, 0.2) is 0 Å². The van der Waals surface area contributed by atoms with Gasteiger partial charge >= 0.3 is 0 Å². The fourth-order valence-electron chi connectivity index (χ4n) is 1.83. The third-order valence-electron chi connectivity index (χ3n) is 2.91. The number of methoxy groups -OCH3 is 1. The Morgan fingerprint density at radius 3 is 2.94 bits per heavy atom. The van der Waals surface area contributed by atoms with E-state index in [9.17, 15) is 9.59 Å². The fraction of sp³-hybridized carbons (Fsp3) is 0.818. The van der Waals surface area contributed by atoms with Gasteiger partial charge in [0.2, 0.25) is 11.8 Å². The Kier molecular flexibility index (Phi) is 6.03. The molecule has 2 amide bonds. The first kappa shape index (κ1) is 14.9. The van der Waals surface area contributed by atoms with E-state index in [1.165, 1.54) is 11.9 Å². The first-order valence-corrected chi connectivity index (χ1v) is 5.96. The third-order valence-corrected chi connectivity index (χ3v) is 2.91. The number of amides is 2. The molecule has 1 heterocycles. The van der Waals surface area contributed by atoms with Gasteiger partial charge in [0.1, 0.15) is 6.04 Å². The maximum Gasteiger partial charge on any atom is 0.244 e. The van der Waals surface area contributed by atoms with Gasteiger partial charge in [-0.1, -0.05) is 0 Å². The number of morpholine rings is 1. The van der Waals surface area contributed by atoms with Gasteiger partial charge in [-0.3, -0.25) is 9.59 Å². The van der Waals surface area contributed by atoms with E-state index in [1.54, 1.807) is 7.11 Å². The summed E-state index contributed by atoms with van der Waals surface area (Å²) in [6.45, 7) is 1.44. The minimum Gasteiger partial charge on any atom is -0.385 e. The number of carbonyl (C=O) groups is 2. The lowest BCUT2D eigenvalue weighted by Gasteiger charge is -2.35. The van der Waals surface area contributed by atoms with Gasteiger partial charge in [-0.05, 0) is 6.42 Å². The van der Waals surface area contributed by atoms with Gasteiger partial charge < -0.3 is 25.4 Å². The van der Waals surface area contributed by atoms with Crippen molar-refractivity contribution >= 4 is 11.8 Å². The molecule has 104 valence electrons. The van der Waals surface area contributed by atoms with Crippen LogP contribution in [-0.4, -0.2) is 69.3 Å². The zero-order valence-electron chi connectivity index (χ0n) is 10.8. The van der Waals surface area contributed by atoms with Crippen molar-refractivity contribution in [3.8, 4) is 0 Å². The number of nitrogens with zero attached hydrogens (tertiary/aromatic N) is 1. The molecule has 0 aromatic rings. The highest BCUT2D eigenvalue weighted by Gasteiger charge is 2.34. The molecule has 0 bridgehead atoms. The Morgan fingerprint density at radius 2 is 2.33 bits per heavy atom. The second kappa shape index (κ2) is 7.30. The molecule has 1 saturated heterocycles. The zero-order valence-corrected chi connectivity index (χ0v) is 10.8. The number of hydrogen-bond donors (Lipinski definition) is 2. The van der Waals surface area contributed by atoms with Gasteiger partial charge in [0, 0.05) is 27.3 Å². The number of ether oxygens (including phenoxy) is 2. The van der Waals surface area contributed by atoms with Crippen molar-refractivity contribution in [2.24, 2.45) is 5.73 Å². The first-order chi connectivity index (χ1) is 8.61. The van der Waals surface area contributed by atoms with Gasteiger partial charge in [-0.15, -0.1) is 0 Å². The summed E-state index contributed by atoms with van der Waals surface area (Å²) < 4.78 is 10.1. The quantitative estimate of drug-likeness (QED) is 0.615. The molecular formula is C11H21N3O4. The lowest BCUT2D eigenvalue weighted by molar-refractivity contribution is -0.149. The fourth-order valence-corrected chi connectivity index (χ4v) is 1.83. The molecule has 1 aliphatic heterocycles. The highest BCUT2D eigenvalue weighted by molar-refractivity contribution is 5.89. The standard InChI is InChI=1S/C11H21N3O4/c1-13-10(15)9-7-18-6-4-14(9)11(16)8(12)3-5-17-2/h8-9H,3-7,12H2,1-2H3,(H,13,15).